The molecule has 4 rings (SSSR count). The lowest BCUT2D eigenvalue weighted by Gasteiger charge is -2.29. The van der Waals surface area contributed by atoms with E-state index in [1.807, 2.05) is 77.8 Å². The molecule has 0 saturated heterocycles. The molecular weight excluding hydrogens is 300 g/mol. The predicted molar refractivity (Wildman–Crippen MR) is 92.4 cm³/mol. The molecule has 1 aromatic heterocycles. The largest absolute Gasteiger partial charge is 0.367 e. The Balaban J connectivity index is 1.96. The molecule has 3 N–H and O–H groups in total. The highest BCUT2D eigenvalue weighted by Crippen LogP contribution is 2.43. The fraction of sp³-hybridized carbons (Fsp3) is 0.0526. The van der Waals surface area contributed by atoms with Crippen molar-refractivity contribution in [2.75, 3.05) is 5.01 Å². The molecule has 5 nitrogen and oxygen atoms in total. The third-order valence-electron chi connectivity index (χ3n) is 4.27. The Morgan fingerprint density at radius 3 is 2.29 bits per heavy atom. The SMILES string of the molecule is NC(=O)C1(c2ccccc2)NN(c2ccccc2)c2ncccc21. The molecule has 1 atom stereocenters. The Bertz CT molecular complexity index is 882. The van der Waals surface area contributed by atoms with Gasteiger partial charge in [-0.2, -0.15) is 0 Å². The second-order valence-corrected chi connectivity index (χ2v) is 5.64. The number of aromatic nitrogens is 1. The molecule has 1 amide bonds. The Labute approximate surface area is 139 Å². The van der Waals surface area contributed by atoms with Gasteiger partial charge in [-0.25, -0.2) is 10.4 Å². The van der Waals surface area contributed by atoms with Crippen molar-refractivity contribution >= 4 is 17.4 Å². The zero-order chi connectivity index (χ0) is 16.6. The van der Waals surface area contributed by atoms with Crippen LogP contribution in [0.5, 0.6) is 0 Å². The number of anilines is 2. The fourth-order valence-electron chi connectivity index (χ4n) is 3.15. The van der Waals surface area contributed by atoms with E-state index in [1.54, 1.807) is 6.20 Å². The Morgan fingerprint density at radius 1 is 0.958 bits per heavy atom. The van der Waals surface area contributed by atoms with Crippen LogP contribution in [0.15, 0.2) is 79.0 Å². The van der Waals surface area contributed by atoms with Crippen LogP contribution in [-0.2, 0) is 10.3 Å². The van der Waals surface area contributed by atoms with Gasteiger partial charge in [0.1, 0.15) is 0 Å². The average Bonchev–Trinajstić information content (AvgIpc) is 3.00. The van der Waals surface area contributed by atoms with E-state index in [9.17, 15) is 4.79 Å². The van der Waals surface area contributed by atoms with Crippen molar-refractivity contribution in [2.45, 2.75) is 5.54 Å². The number of nitrogens with two attached hydrogens (primary N) is 1. The van der Waals surface area contributed by atoms with Gasteiger partial charge >= 0.3 is 0 Å². The number of benzene rings is 2. The summed E-state index contributed by atoms with van der Waals surface area (Å²) < 4.78 is 0. The van der Waals surface area contributed by atoms with Crippen LogP contribution < -0.4 is 16.2 Å². The van der Waals surface area contributed by atoms with Gasteiger partial charge in [-0.1, -0.05) is 54.6 Å². The lowest BCUT2D eigenvalue weighted by atomic mass is 9.84. The summed E-state index contributed by atoms with van der Waals surface area (Å²) in [5.74, 6) is 0.202. The lowest BCUT2D eigenvalue weighted by Crippen LogP contribution is -2.53. The van der Waals surface area contributed by atoms with Crippen LogP contribution in [0.3, 0.4) is 0 Å². The number of pyridine rings is 1. The summed E-state index contributed by atoms with van der Waals surface area (Å²) >= 11 is 0. The van der Waals surface area contributed by atoms with E-state index in [-0.39, 0.29) is 0 Å². The average molecular weight is 316 g/mol. The molecule has 5 heteroatoms. The van der Waals surface area contributed by atoms with Crippen molar-refractivity contribution < 1.29 is 4.79 Å². The lowest BCUT2D eigenvalue weighted by molar-refractivity contribution is -0.122. The highest BCUT2D eigenvalue weighted by atomic mass is 16.2. The van der Waals surface area contributed by atoms with Crippen LogP contribution in [0.25, 0.3) is 0 Å². The van der Waals surface area contributed by atoms with Gasteiger partial charge in [0.15, 0.2) is 11.4 Å². The van der Waals surface area contributed by atoms with Gasteiger partial charge in [0, 0.05) is 11.8 Å². The van der Waals surface area contributed by atoms with Gasteiger partial charge in [0.05, 0.1) is 5.69 Å². The summed E-state index contributed by atoms with van der Waals surface area (Å²) in [6.07, 6.45) is 1.71. The standard InChI is InChI=1S/C19H16N4O/c20-18(24)19(14-8-3-1-4-9-14)16-12-7-13-21-17(16)23(22-19)15-10-5-2-6-11-15/h1-13,22H,(H2,20,24). The number of carbonyl (C=O) groups excluding carboxylic acids is 1. The van der Waals surface area contributed by atoms with Crippen molar-refractivity contribution in [3.8, 4) is 0 Å². The second-order valence-electron chi connectivity index (χ2n) is 5.64. The van der Waals surface area contributed by atoms with E-state index in [2.05, 4.69) is 10.4 Å². The number of nitrogens with zero attached hydrogens (tertiary/aromatic N) is 2. The fourth-order valence-corrected chi connectivity index (χ4v) is 3.15. The van der Waals surface area contributed by atoms with Crippen molar-refractivity contribution in [3.05, 3.63) is 90.1 Å². The molecule has 0 aliphatic carbocycles. The maximum absolute atomic E-state index is 12.6. The Hall–Kier alpha value is -3.18. The van der Waals surface area contributed by atoms with E-state index < -0.39 is 11.4 Å². The minimum Gasteiger partial charge on any atom is -0.367 e. The minimum atomic E-state index is -1.15. The van der Waals surface area contributed by atoms with Crippen molar-refractivity contribution in [1.82, 2.24) is 10.4 Å². The number of para-hydroxylation sites is 1. The number of hydrogen-bond donors (Lipinski definition) is 2. The zero-order valence-electron chi connectivity index (χ0n) is 12.9. The molecule has 0 spiro atoms. The molecule has 1 unspecified atom stereocenters. The highest BCUT2D eigenvalue weighted by Gasteiger charge is 2.50. The van der Waals surface area contributed by atoms with E-state index in [1.165, 1.54) is 0 Å². The van der Waals surface area contributed by atoms with Crippen LogP contribution in [0.2, 0.25) is 0 Å². The van der Waals surface area contributed by atoms with Gasteiger partial charge in [-0.3, -0.25) is 9.80 Å². The molecule has 2 heterocycles. The molecule has 0 fully saturated rings. The number of amides is 1. The van der Waals surface area contributed by atoms with Crippen molar-refractivity contribution in [2.24, 2.45) is 5.73 Å². The molecule has 0 bridgehead atoms. The molecule has 118 valence electrons. The van der Waals surface area contributed by atoms with Crippen molar-refractivity contribution in [3.63, 3.8) is 0 Å². The molecule has 2 aromatic carbocycles. The van der Waals surface area contributed by atoms with Gasteiger partial charge < -0.3 is 5.73 Å². The molecule has 24 heavy (non-hydrogen) atoms. The molecule has 3 aromatic rings. The third-order valence-corrected chi connectivity index (χ3v) is 4.27. The summed E-state index contributed by atoms with van der Waals surface area (Å²) in [5, 5.41) is 1.81. The van der Waals surface area contributed by atoms with E-state index in [0.29, 0.717) is 5.82 Å². The van der Waals surface area contributed by atoms with E-state index in [4.69, 9.17) is 5.73 Å². The number of rotatable bonds is 3. The van der Waals surface area contributed by atoms with Crippen LogP contribution in [0.4, 0.5) is 11.5 Å². The Morgan fingerprint density at radius 2 is 1.62 bits per heavy atom. The Kier molecular flexibility index (Phi) is 3.29. The number of nitrogens with one attached hydrogen (secondary N) is 1. The van der Waals surface area contributed by atoms with Crippen LogP contribution in [0.1, 0.15) is 11.1 Å². The number of primary amides is 1. The molecule has 0 radical (unpaired) electrons. The topological polar surface area (TPSA) is 71.2 Å². The summed E-state index contributed by atoms with van der Waals surface area (Å²) in [7, 11) is 0. The van der Waals surface area contributed by atoms with Crippen LogP contribution in [-0.4, -0.2) is 10.9 Å². The smallest absolute Gasteiger partial charge is 0.248 e. The minimum absolute atomic E-state index is 0.471. The first-order chi connectivity index (χ1) is 11.7. The molecule has 0 saturated carbocycles. The highest BCUT2D eigenvalue weighted by molar-refractivity contribution is 5.94. The number of hydrazine groups is 1. The molecule has 1 aliphatic rings. The maximum atomic E-state index is 12.6. The van der Waals surface area contributed by atoms with E-state index in [0.717, 1.165) is 16.8 Å². The van der Waals surface area contributed by atoms with Gasteiger partial charge in [-0.15, -0.1) is 0 Å². The van der Waals surface area contributed by atoms with Gasteiger partial charge in [-0.05, 0) is 23.8 Å². The van der Waals surface area contributed by atoms with Crippen LogP contribution >= 0.6 is 0 Å². The van der Waals surface area contributed by atoms with Crippen molar-refractivity contribution in [1.29, 1.82) is 0 Å². The molecular formula is C19H16N4O. The number of fused-ring (bicyclic) bond motifs is 1. The number of carbonyl (C=O) groups is 1. The third kappa shape index (κ3) is 1.99. The van der Waals surface area contributed by atoms with Gasteiger partial charge in [0.25, 0.3) is 0 Å². The summed E-state index contributed by atoms with van der Waals surface area (Å²) in [6.45, 7) is 0. The van der Waals surface area contributed by atoms with Crippen LogP contribution in [0, 0.1) is 0 Å². The maximum Gasteiger partial charge on any atom is 0.248 e. The first-order valence-electron chi connectivity index (χ1n) is 7.67. The predicted octanol–water partition coefficient (Wildman–Crippen LogP) is 2.47. The summed E-state index contributed by atoms with van der Waals surface area (Å²) in [4.78, 5) is 17.0. The molecule has 1 aliphatic heterocycles. The zero-order valence-corrected chi connectivity index (χ0v) is 12.9. The second kappa shape index (κ2) is 5.47. The van der Waals surface area contributed by atoms with E-state index >= 15 is 0 Å². The monoisotopic (exact) mass is 316 g/mol. The first-order valence-corrected chi connectivity index (χ1v) is 7.67. The normalized spacial score (nSPS) is 19.1. The summed E-state index contributed by atoms with van der Waals surface area (Å²) in [6, 6.07) is 22.9. The quantitative estimate of drug-likeness (QED) is 0.779. The van der Waals surface area contributed by atoms with Gasteiger partial charge in [0.2, 0.25) is 5.91 Å². The number of hydrogen-bond acceptors (Lipinski definition) is 4. The first kappa shape index (κ1) is 14.4. The summed E-state index contributed by atoms with van der Waals surface area (Å²) in [5.41, 5.74) is 10.4.